The lowest BCUT2D eigenvalue weighted by Crippen LogP contribution is -2.55. The monoisotopic (exact) mass is 390 g/mol. The van der Waals surface area contributed by atoms with Gasteiger partial charge in [0.1, 0.15) is 5.75 Å². The maximum Gasteiger partial charge on any atom is 0.422 e. The Kier molecular flexibility index (Phi) is 5.28. The Morgan fingerprint density at radius 1 is 1.35 bits per heavy atom. The highest BCUT2D eigenvalue weighted by atomic mass is 35.5. The van der Waals surface area contributed by atoms with Crippen LogP contribution in [0.25, 0.3) is 0 Å². The number of alkyl halides is 3. The van der Waals surface area contributed by atoms with E-state index < -0.39 is 18.8 Å². The summed E-state index contributed by atoms with van der Waals surface area (Å²) in [5, 5.41) is 6.00. The molecule has 26 heavy (non-hydrogen) atoms. The molecule has 0 saturated heterocycles. The topological polar surface area (TPSA) is 50.4 Å². The Hall–Kier alpha value is -1.63. The van der Waals surface area contributed by atoms with Crippen molar-refractivity contribution in [3.8, 4) is 5.75 Å². The van der Waals surface area contributed by atoms with Gasteiger partial charge in [0.25, 0.3) is 0 Å². The first-order valence-electron chi connectivity index (χ1n) is 8.71. The SMILES string of the molecule is CC(NC(=O)NC1CC2(CCC2)C1)c1cc(Cl)cc(OCC(F)(F)F)c1. The fourth-order valence-electron chi connectivity index (χ4n) is 3.76. The summed E-state index contributed by atoms with van der Waals surface area (Å²) in [6.45, 7) is 0.353. The Morgan fingerprint density at radius 2 is 2.04 bits per heavy atom. The summed E-state index contributed by atoms with van der Waals surface area (Å²) in [6, 6.07) is 3.87. The molecule has 3 rings (SSSR count). The van der Waals surface area contributed by atoms with Crippen LogP contribution in [-0.4, -0.2) is 24.9 Å². The van der Waals surface area contributed by atoms with Crippen LogP contribution >= 0.6 is 11.6 Å². The van der Waals surface area contributed by atoms with E-state index in [-0.39, 0.29) is 22.8 Å². The lowest BCUT2D eigenvalue weighted by atomic mass is 9.54. The van der Waals surface area contributed by atoms with Crippen molar-refractivity contribution in [2.24, 2.45) is 5.41 Å². The quantitative estimate of drug-likeness (QED) is 0.745. The van der Waals surface area contributed by atoms with Gasteiger partial charge in [-0.3, -0.25) is 0 Å². The van der Waals surface area contributed by atoms with Crippen molar-refractivity contribution in [2.75, 3.05) is 6.61 Å². The van der Waals surface area contributed by atoms with Gasteiger partial charge in [0, 0.05) is 11.1 Å². The van der Waals surface area contributed by atoms with Gasteiger partial charge in [0.2, 0.25) is 0 Å². The lowest BCUT2D eigenvalue weighted by molar-refractivity contribution is -0.153. The standard InChI is InChI=1S/C18H22ClF3N2O2/c1-11(23-16(25)24-14-8-17(9-14)3-2-4-17)12-5-13(19)7-15(6-12)26-10-18(20,21)22/h5-7,11,14H,2-4,8-10H2,1H3,(H2,23,24,25). The Labute approximate surface area is 155 Å². The van der Waals surface area contributed by atoms with Gasteiger partial charge < -0.3 is 15.4 Å². The summed E-state index contributed by atoms with van der Waals surface area (Å²) in [6.07, 6.45) is 1.43. The van der Waals surface area contributed by atoms with Gasteiger partial charge in [-0.25, -0.2) is 4.79 Å². The molecular weight excluding hydrogens is 369 g/mol. The summed E-state index contributed by atoms with van der Waals surface area (Å²) >= 11 is 5.96. The zero-order chi connectivity index (χ0) is 18.9. The Bertz CT molecular complexity index is 669. The number of urea groups is 1. The molecule has 0 radical (unpaired) electrons. The molecule has 0 aromatic heterocycles. The van der Waals surface area contributed by atoms with Crippen LogP contribution in [0.1, 0.15) is 50.6 Å². The van der Waals surface area contributed by atoms with E-state index in [9.17, 15) is 18.0 Å². The molecule has 0 heterocycles. The van der Waals surface area contributed by atoms with Gasteiger partial charge in [0.05, 0.1) is 6.04 Å². The lowest BCUT2D eigenvalue weighted by Gasteiger charge is -2.54. The molecule has 0 bridgehead atoms. The molecule has 144 valence electrons. The second kappa shape index (κ2) is 7.18. The van der Waals surface area contributed by atoms with E-state index in [1.807, 2.05) is 0 Å². The molecule has 8 heteroatoms. The smallest absolute Gasteiger partial charge is 0.422 e. The Balaban J connectivity index is 1.52. The minimum atomic E-state index is -4.42. The Morgan fingerprint density at radius 3 is 2.62 bits per heavy atom. The molecule has 2 saturated carbocycles. The maximum absolute atomic E-state index is 12.3. The van der Waals surface area contributed by atoms with Crippen LogP contribution in [0.2, 0.25) is 5.02 Å². The van der Waals surface area contributed by atoms with Crippen LogP contribution in [0.3, 0.4) is 0 Å². The first kappa shape index (κ1) is 19.1. The molecule has 1 unspecified atom stereocenters. The first-order chi connectivity index (χ1) is 12.1. The minimum Gasteiger partial charge on any atom is -0.484 e. The van der Waals surface area contributed by atoms with Crippen LogP contribution in [0.5, 0.6) is 5.75 Å². The number of carbonyl (C=O) groups is 1. The predicted octanol–water partition coefficient (Wildman–Crippen LogP) is 4.97. The van der Waals surface area contributed by atoms with Crippen LogP contribution in [0.4, 0.5) is 18.0 Å². The largest absolute Gasteiger partial charge is 0.484 e. The van der Waals surface area contributed by atoms with E-state index in [1.165, 1.54) is 31.4 Å². The number of ether oxygens (including phenoxy) is 1. The molecule has 1 aromatic carbocycles. The summed E-state index contributed by atoms with van der Waals surface area (Å²) in [4.78, 5) is 12.1. The molecule has 1 spiro atoms. The average molecular weight is 391 g/mol. The number of halogens is 4. The molecule has 4 nitrogen and oxygen atoms in total. The number of carbonyl (C=O) groups excluding carboxylic acids is 1. The van der Waals surface area contributed by atoms with E-state index >= 15 is 0 Å². The van der Waals surface area contributed by atoms with E-state index in [1.54, 1.807) is 13.0 Å². The van der Waals surface area contributed by atoms with Gasteiger partial charge in [-0.2, -0.15) is 13.2 Å². The zero-order valence-corrected chi connectivity index (χ0v) is 15.2. The van der Waals surface area contributed by atoms with Gasteiger partial charge in [-0.15, -0.1) is 0 Å². The molecule has 2 fully saturated rings. The van der Waals surface area contributed by atoms with Crippen molar-refractivity contribution in [1.29, 1.82) is 0 Å². The molecule has 2 amide bonds. The summed E-state index contributed by atoms with van der Waals surface area (Å²) in [7, 11) is 0. The average Bonchev–Trinajstić information content (AvgIpc) is 2.45. The van der Waals surface area contributed by atoms with Gasteiger partial charge in [-0.1, -0.05) is 18.0 Å². The second-order valence-electron chi connectivity index (χ2n) is 7.42. The highest BCUT2D eigenvalue weighted by molar-refractivity contribution is 6.30. The summed E-state index contributed by atoms with van der Waals surface area (Å²) in [5.74, 6) is 0.0183. The molecule has 2 aliphatic carbocycles. The van der Waals surface area contributed by atoms with Crippen molar-refractivity contribution in [3.63, 3.8) is 0 Å². The first-order valence-corrected chi connectivity index (χ1v) is 9.09. The van der Waals surface area contributed by atoms with Gasteiger partial charge in [0.15, 0.2) is 6.61 Å². The molecule has 1 atom stereocenters. The number of nitrogens with one attached hydrogen (secondary N) is 2. The van der Waals surface area contributed by atoms with Crippen LogP contribution in [-0.2, 0) is 0 Å². The van der Waals surface area contributed by atoms with Crippen molar-refractivity contribution in [2.45, 2.75) is 57.3 Å². The minimum absolute atomic E-state index is 0.0183. The zero-order valence-electron chi connectivity index (χ0n) is 14.5. The molecular formula is C18H22ClF3N2O2. The number of hydrogen-bond donors (Lipinski definition) is 2. The third-order valence-electron chi connectivity index (χ3n) is 5.25. The van der Waals surface area contributed by atoms with Crippen molar-refractivity contribution >= 4 is 17.6 Å². The highest BCUT2D eigenvalue weighted by Crippen LogP contribution is 2.55. The van der Waals surface area contributed by atoms with E-state index in [2.05, 4.69) is 10.6 Å². The molecule has 0 aliphatic heterocycles. The maximum atomic E-state index is 12.3. The second-order valence-corrected chi connectivity index (χ2v) is 7.86. The fraction of sp³-hybridized carbons (Fsp3) is 0.611. The van der Waals surface area contributed by atoms with Crippen molar-refractivity contribution in [1.82, 2.24) is 10.6 Å². The van der Waals surface area contributed by atoms with Crippen LogP contribution in [0.15, 0.2) is 18.2 Å². The van der Waals surface area contributed by atoms with Crippen LogP contribution < -0.4 is 15.4 Å². The molecule has 2 aliphatic rings. The third-order valence-corrected chi connectivity index (χ3v) is 5.47. The summed E-state index contributed by atoms with van der Waals surface area (Å²) < 4.78 is 41.6. The van der Waals surface area contributed by atoms with E-state index in [4.69, 9.17) is 16.3 Å². The van der Waals surface area contributed by atoms with Crippen molar-refractivity contribution < 1.29 is 22.7 Å². The number of benzene rings is 1. The predicted molar refractivity (Wildman–Crippen MR) is 92.4 cm³/mol. The number of hydrogen-bond acceptors (Lipinski definition) is 2. The normalized spacial score (nSPS) is 20.0. The summed E-state index contributed by atoms with van der Waals surface area (Å²) in [5.41, 5.74) is 1.05. The number of rotatable bonds is 5. The van der Waals surface area contributed by atoms with Crippen molar-refractivity contribution in [3.05, 3.63) is 28.8 Å². The number of amides is 2. The molecule has 2 N–H and O–H groups in total. The van der Waals surface area contributed by atoms with Gasteiger partial charge >= 0.3 is 12.2 Å². The van der Waals surface area contributed by atoms with E-state index in [0.29, 0.717) is 11.0 Å². The highest BCUT2D eigenvalue weighted by Gasteiger charge is 2.48. The van der Waals surface area contributed by atoms with E-state index in [0.717, 1.165) is 12.8 Å². The van der Waals surface area contributed by atoms with Crippen LogP contribution in [0, 0.1) is 5.41 Å². The third kappa shape index (κ3) is 4.75. The fourth-order valence-corrected chi connectivity index (χ4v) is 4.00. The molecule has 1 aromatic rings. The van der Waals surface area contributed by atoms with Gasteiger partial charge in [-0.05, 0) is 61.8 Å².